The number of nitrogens with one attached hydrogen (secondary N) is 1. The summed E-state index contributed by atoms with van der Waals surface area (Å²) < 4.78 is 26.2. The summed E-state index contributed by atoms with van der Waals surface area (Å²) in [5.41, 5.74) is 2.23. The van der Waals surface area contributed by atoms with Gasteiger partial charge in [-0.2, -0.15) is 0 Å². The lowest BCUT2D eigenvalue weighted by molar-refractivity contribution is -0.139. The highest BCUT2D eigenvalue weighted by Crippen LogP contribution is 2.20. The van der Waals surface area contributed by atoms with Crippen LogP contribution in [0, 0.1) is 0 Å². The van der Waals surface area contributed by atoms with E-state index in [1.807, 2.05) is 32.9 Å². The van der Waals surface area contributed by atoms with Crippen molar-refractivity contribution < 1.29 is 18.0 Å². The van der Waals surface area contributed by atoms with Gasteiger partial charge >= 0.3 is 0 Å². The van der Waals surface area contributed by atoms with Gasteiger partial charge in [-0.1, -0.05) is 42.8 Å². The van der Waals surface area contributed by atoms with Crippen molar-refractivity contribution in [1.29, 1.82) is 0 Å². The highest BCUT2D eigenvalue weighted by atomic mass is 35.5. The molecule has 0 spiro atoms. The molecular weight excluding hydrogens is 462 g/mol. The molecular formula is C24H32ClN3O4S. The maximum atomic E-state index is 13.4. The van der Waals surface area contributed by atoms with E-state index in [1.165, 1.54) is 4.90 Å². The molecule has 1 N–H and O–H groups in total. The lowest BCUT2D eigenvalue weighted by Crippen LogP contribution is -2.52. The molecule has 0 saturated carbocycles. The molecule has 180 valence electrons. The number of amides is 2. The number of rotatable bonds is 10. The minimum absolute atomic E-state index is 0.1000. The van der Waals surface area contributed by atoms with Crippen LogP contribution in [0.3, 0.4) is 0 Å². The fourth-order valence-electron chi connectivity index (χ4n) is 3.29. The van der Waals surface area contributed by atoms with Crippen LogP contribution in [0.4, 0.5) is 5.69 Å². The molecule has 9 heteroatoms. The van der Waals surface area contributed by atoms with Crippen LogP contribution in [-0.2, 0) is 32.6 Å². The molecule has 0 bridgehead atoms. The van der Waals surface area contributed by atoms with E-state index in [2.05, 4.69) is 5.32 Å². The standard InChI is InChI=1S/C24H32ClN3O4S/c1-6-19-9-13-22(14-10-19)28(33(5,31)32)16-23(29)27(18(4)24(30)26-17(2)3)15-20-7-11-21(25)12-8-20/h7-14,17-18H,6,15-16H2,1-5H3,(H,26,30). The van der Waals surface area contributed by atoms with Crippen LogP contribution >= 0.6 is 11.6 Å². The van der Waals surface area contributed by atoms with Crippen LogP contribution in [0.1, 0.15) is 38.8 Å². The maximum absolute atomic E-state index is 13.4. The van der Waals surface area contributed by atoms with Crippen molar-refractivity contribution in [3.05, 3.63) is 64.7 Å². The molecule has 2 rings (SSSR count). The molecule has 0 aliphatic rings. The van der Waals surface area contributed by atoms with Crippen LogP contribution in [0.25, 0.3) is 0 Å². The normalized spacial score (nSPS) is 12.3. The van der Waals surface area contributed by atoms with Crippen LogP contribution in [-0.4, -0.2) is 50.0 Å². The van der Waals surface area contributed by atoms with E-state index in [0.29, 0.717) is 10.7 Å². The molecule has 2 aromatic carbocycles. The van der Waals surface area contributed by atoms with Crippen LogP contribution < -0.4 is 9.62 Å². The number of hydrogen-bond donors (Lipinski definition) is 1. The number of halogens is 1. The van der Waals surface area contributed by atoms with E-state index in [4.69, 9.17) is 11.6 Å². The second kappa shape index (κ2) is 11.5. The van der Waals surface area contributed by atoms with Gasteiger partial charge in [0.2, 0.25) is 21.8 Å². The molecule has 0 aliphatic heterocycles. The van der Waals surface area contributed by atoms with Gasteiger partial charge in [-0.3, -0.25) is 13.9 Å². The average molecular weight is 494 g/mol. The Morgan fingerprint density at radius 3 is 2.00 bits per heavy atom. The van der Waals surface area contributed by atoms with Crippen LogP contribution in [0.15, 0.2) is 48.5 Å². The highest BCUT2D eigenvalue weighted by molar-refractivity contribution is 7.92. The fraction of sp³-hybridized carbons (Fsp3) is 0.417. The quantitative estimate of drug-likeness (QED) is 0.547. The second-order valence-corrected chi connectivity index (χ2v) is 10.6. The fourth-order valence-corrected chi connectivity index (χ4v) is 4.26. The van der Waals surface area contributed by atoms with Gasteiger partial charge in [0.25, 0.3) is 0 Å². The first-order valence-corrected chi connectivity index (χ1v) is 13.1. The van der Waals surface area contributed by atoms with E-state index >= 15 is 0 Å². The van der Waals surface area contributed by atoms with Gasteiger partial charge in [0, 0.05) is 17.6 Å². The monoisotopic (exact) mass is 493 g/mol. The maximum Gasteiger partial charge on any atom is 0.244 e. The smallest absolute Gasteiger partial charge is 0.244 e. The molecule has 1 atom stereocenters. The number of carbonyl (C=O) groups excluding carboxylic acids is 2. The van der Waals surface area contributed by atoms with E-state index in [1.54, 1.807) is 43.3 Å². The van der Waals surface area contributed by atoms with Crippen molar-refractivity contribution >= 4 is 39.1 Å². The zero-order chi connectivity index (χ0) is 24.8. The van der Waals surface area contributed by atoms with Gasteiger partial charge in [0.05, 0.1) is 11.9 Å². The Labute approximate surface area is 201 Å². The summed E-state index contributed by atoms with van der Waals surface area (Å²) in [7, 11) is -3.74. The average Bonchev–Trinajstić information content (AvgIpc) is 2.75. The summed E-state index contributed by atoms with van der Waals surface area (Å²) in [5, 5.41) is 3.37. The van der Waals surface area contributed by atoms with Crippen molar-refractivity contribution in [3.63, 3.8) is 0 Å². The molecule has 0 saturated heterocycles. The Bertz CT molecular complexity index is 1050. The summed E-state index contributed by atoms with van der Waals surface area (Å²) in [4.78, 5) is 27.5. The minimum atomic E-state index is -3.74. The summed E-state index contributed by atoms with van der Waals surface area (Å²) in [6.45, 7) is 7.02. The Morgan fingerprint density at radius 2 is 1.52 bits per heavy atom. The van der Waals surface area contributed by atoms with E-state index in [9.17, 15) is 18.0 Å². The van der Waals surface area contributed by atoms with Crippen molar-refractivity contribution in [2.24, 2.45) is 0 Å². The minimum Gasteiger partial charge on any atom is -0.352 e. The molecule has 7 nitrogen and oxygen atoms in total. The first kappa shape index (κ1) is 26.7. The topological polar surface area (TPSA) is 86.8 Å². The van der Waals surface area contributed by atoms with E-state index in [-0.39, 0.29) is 18.5 Å². The number of nitrogens with zero attached hydrogens (tertiary/aromatic N) is 2. The molecule has 0 aromatic heterocycles. The lowest BCUT2D eigenvalue weighted by Gasteiger charge is -2.32. The first-order chi connectivity index (χ1) is 15.4. The number of benzene rings is 2. The lowest BCUT2D eigenvalue weighted by atomic mass is 10.1. The third kappa shape index (κ3) is 7.75. The highest BCUT2D eigenvalue weighted by Gasteiger charge is 2.30. The molecule has 0 heterocycles. The molecule has 0 radical (unpaired) electrons. The van der Waals surface area contributed by atoms with Gasteiger partial charge in [-0.05, 0) is 62.6 Å². The summed E-state index contributed by atoms with van der Waals surface area (Å²) in [6.07, 6.45) is 1.88. The molecule has 33 heavy (non-hydrogen) atoms. The Kier molecular flexibility index (Phi) is 9.31. The molecule has 0 aliphatic carbocycles. The third-order valence-electron chi connectivity index (χ3n) is 5.18. The van der Waals surface area contributed by atoms with Crippen LogP contribution in [0.5, 0.6) is 0 Å². The molecule has 0 fully saturated rings. The number of hydrogen-bond acceptors (Lipinski definition) is 4. The van der Waals surface area contributed by atoms with Crippen molar-refractivity contribution in [2.75, 3.05) is 17.1 Å². The largest absolute Gasteiger partial charge is 0.352 e. The summed E-state index contributed by atoms with van der Waals surface area (Å²) >= 11 is 5.97. The second-order valence-electron chi connectivity index (χ2n) is 8.28. The predicted molar refractivity (Wildman–Crippen MR) is 133 cm³/mol. The number of aryl methyl sites for hydroxylation is 1. The van der Waals surface area contributed by atoms with Gasteiger partial charge in [-0.15, -0.1) is 0 Å². The van der Waals surface area contributed by atoms with E-state index < -0.39 is 28.5 Å². The molecule has 2 aromatic rings. The van der Waals surface area contributed by atoms with Gasteiger partial charge in [0.1, 0.15) is 12.6 Å². The van der Waals surface area contributed by atoms with Crippen LogP contribution in [0.2, 0.25) is 5.02 Å². The molecule has 2 amide bonds. The third-order valence-corrected chi connectivity index (χ3v) is 6.57. The predicted octanol–water partition coefficient (Wildman–Crippen LogP) is 3.61. The number of sulfonamides is 1. The first-order valence-electron chi connectivity index (χ1n) is 10.8. The van der Waals surface area contributed by atoms with Gasteiger partial charge in [0.15, 0.2) is 0 Å². The van der Waals surface area contributed by atoms with Gasteiger partial charge in [-0.25, -0.2) is 8.42 Å². The van der Waals surface area contributed by atoms with Crippen molar-refractivity contribution in [2.45, 2.75) is 52.7 Å². The Balaban J connectivity index is 2.36. The van der Waals surface area contributed by atoms with E-state index in [0.717, 1.165) is 28.1 Å². The molecule has 1 unspecified atom stereocenters. The summed E-state index contributed by atoms with van der Waals surface area (Å²) in [6, 6.07) is 13.1. The van der Waals surface area contributed by atoms with Crippen molar-refractivity contribution in [3.8, 4) is 0 Å². The summed E-state index contributed by atoms with van der Waals surface area (Å²) in [5.74, 6) is -0.799. The SMILES string of the molecule is CCc1ccc(N(CC(=O)N(Cc2ccc(Cl)cc2)C(C)C(=O)NC(C)C)S(C)(=O)=O)cc1. The van der Waals surface area contributed by atoms with Gasteiger partial charge < -0.3 is 10.2 Å². The van der Waals surface area contributed by atoms with Crippen molar-refractivity contribution in [1.82, 2.24) is 10.2 Å². The number of carbonyl (C=O) groups is 2. The number of anilines is 1. The zero-order valence-electron chi connectivity index (χ0n) is 19.7. The Hall–Kier alpha value is -2.58. The Morgan fingerprint density at radius 1 is 0.970 bits per heavy atom. The zero-order valence-corrected chi connectivity index (χ0v) is 21.3.